The third kappa shape index (κ3) is 5.06. The molecule has 0 bridgehead atoms. The predicted molar refractivity (Wildman–Crippen MR) is 86.7 cm³/mol. The zero-order valence-electron chi connectivity index (χ0n) is 14.4. The largest absolute Gasteiger partial charge is 0.444 e. The van der Waals surface area contributed by atoms with Gasteiger partial charge in [0.1, 0.15) is 5.60 Å². The van der Waals surface area contributed by atoms with Crippen LogP contribution in [0.3, 0.4) is 0 Å². The molecular weight excluding hydrogens is 320 g/mol. The highest BCUT2D eigenvalue weighted by Gasteiger charge is 2.44. The number of carbonyl (C=O) groups excluding carboxylic acids is 1. The number of ether oxygens (including phenoxy) is 2. The number of piperidine rings is 1. The van der Waals surface area contributed by atoms with Crippen molar-refractivity contribution in [3.8, 4) is 0 Å². The first-order valence-electron chi connectivity index (χ1n) is 8.16. The molecule has 23 heavy (non-hydrogen) atoms. The minimum absolute atomic E-state index is 0.0723. The van der Waals surface area contributed by atoms with Gasteiger partial charge in [0.25, 0.3) is 0 Å². The molecule has 2 saturated heterocycles. The van der Waals surface area contributed by atoms with E-state index in [0.29, 0.717) is 39.0 Å². The smallest absolute Gasteiger partial charge is 0.410 e. The molecule has 1 unspecified atom stereocenters. The van der Waals surface area contributed by atoms with Gasteiger partial charge in [-0.15, -0.1) is 0 Å². The number of hydrogen-bond acceptors (Lipinski definition) is 5. The van der Waals surface area contributed by atoms with Crippen LogP contribution in [0.15, 0.2) is 0 Å². The normalized spacial score (nSPS) is 24.9. The molecule has 0 saturated carbocycles. The van der Waals surface area contributed by atoms with Crippen molar-refractivity contribution in [3.63, 3.8) is 0 Å². The lowest BCUT2D eigenvalue weighted by Gasteiger charge is -2.39. The Bertz CT molecular complexity index is 533. The topological polar surface area (TPSA) is 84.9 Å². The summed E-state index contributed by atoms with van der Waals surface area (Å²) in [6.07, 6.45) is 1.77. The Labute approximate surface area is 138 Å². The second-order valence-electron chi connectivity index (χ2n) is 7.38. The summed E-state index contributed by atoms with van der Waals surface area (Å²) in [6.45, 7) is 8.70. The zero-order chi connectivity index (χ0) is 17.3. The van der Waals surface area contributed by atoms with E-state index in [0.717, 1.165) is 0 Å². The molecule has 1 N–H and O–H groups in total. The second-order valence-corrected chi connectivity index (χ2v) is 9.43. The van der Waals surface area contributed by atoms with Gasteiger partial charge in [-0.3, -0.25) is 0 Å². The quantitative estimate of drug-likeness (QED) is 0.835. The molecule has 0 aromatic rings. The summed E-state index contributed by atoms with van der Waals surface area (Å²) in [5.74, 6) is 0.0723. The number of likely N-dealkylation sites (tertiary alicyclic amines) is 1. The molecular formula is C15H28N2O5S. The molecule has 2 aliphatic heterocycles. The van der Waals surface area contributed by atoms with Gasteiger partial charge in [0.05, 0.1) is 18.0 Å². The maximum absolute atomic E-state index is 12.1. The van der Waals surface area contributed by atoms with Crippen LogP contribution in [0.5, 0.6) is 0 Å². The van der Waals surface area contributed by atoms with Gasteiger partial charge in [-0.25, -0.2) is 17.9 Å². The number of sulfonamides is 1. The summed E-state index contributed by atoms with van der Waals surface area (Å²) < 4.78 is 37.3. The van der Waals surface area contributed by atoms with E-state index in [9.17, 15) is 13.2 Å². The van der Waals surface area contributed by atoms with Crippen LogP contribution in [-0.4, -0.2) is 62.1 Å². The lowest BCUT2D eigenvalue weighted by Crippen LogP contribution is -2.48. The first-order valence-corrected chi connectivity index (χ1v) is 9.81. The number of amides is 1. The van der Waals surface area contributed by atoms with Gasteiger partial charge in [-0.2, -0.15) is 0 Å². The van der Waals surface area contributed by atoms with Crippen molar-refractivity contribution >= 4 is 16.1 Å². The Hall–Kier alpha value is -0.860. The van der Waals surface area contributed by atoms with Crippen LogP contribution < -0.4 is 4.72 Å². The molecule has 1 amide bonds. The average Bonchev–Trinajstić information content (AvgIpc) is 2.79. The van der Waals surface area contributed by atoms with Crippen molar-refractivity contribution in [2.75, 3.05) is 25.4 Å². The first kappa shape index (κ1) is 18.5. The van der Waals surface area contributed by atoms with E-state index < -0.39 is 15.6 Å². The molecule has 2 rings (SSSR count). The number of carbonyl (C=O) groups is 1. The van der Waals surface area contributed by atoms with Crippen molar-refractivity contribution in [1.29, 1.82) is 0 Å². The second kappa shape index (κ2) is 6.57. The van der Waals surface area contributed by atoms with E-state index in [1.54, 1.807) is 11.8 Å². The highest BCUT2D eigenvalue weighted by molar-refractivity contribution is 7.89. The number of hydrogen-bond donors (Lipinski definition) is 1. The molecule has 0 radical (unpaired) electrons. The van der Waals surface area contributed by atoms with Crippen LogP contribution in [0.2, 0.25) is 0 Å². The summed E-state index contributed by atoms with van der Waals surface area (Å²) in [5, 5.41) is 0. The molecule has 0 aromatic carbocycles. The van der Waals surface area contributed by atoms with Crippen LogP contribution in [-0.2, 0) is 19.5 Å². The van der Waals surface area contributed by atoms with Gasteiger partial charge in [0, 0.05) is 19.1 Å². The molecule has 2 fully saturated rings. The molecule has 2 heterocycles. The Morgan fingerprint density at radius 3 is 2.48 bits per heavy atom. The third-order valence-corrected chi connectivity index (χ3v) is 5.71. The number of rotatable bonds is 3. The molecule has 8 heteroatoms. The maximum Gasteiger partial charge on any atom is 0.410 e. The van der Waals surface area contributed by atoms with Gasteiger partial charge in [0.2, 0.25) is 10.0 Å². The summed E-state index contributed by atoms with van der Waals surface area (Å²) in [4.78, 5) is 13.8. The summed E-state index contributed by atoms with van der Waals surface area (Å²) >= 11 is 0. The third-order valence-electron chi connectivity index (χ3n) is 4.26. The first-order chi connectivity index (χ1) is 10.5. The van der Waals surface area contributed by atoms with E-state index in [-0.39, 0.29) is 23.5 Å². The fourth-order valence-electron chi connectivity index (χ4n) is 3.03. The van der Waals surface area contributed by atoms with E-state index in [4.69, 9.17) is 9.47 Å². The molecule has 1 atom stereocenters. The lowest BCUT2D eigenvalue weighted by atomic mass is 9.88. The molecule has 0 aliphatic carbocycles. The zero-order valence-corrected chi connectivity index (χ0v) is 15.2. The van der Waals surface area contributed by atoms with Crippen LogP contribution >= 0.6 is 0 Å². The molecule has 0 aromatic heterocycles. The van der Waals surface area contributed by atoms with Crippen molar-refractivity contribution in [3.05, 3.63) is 0 Å². The summed E-state index contributed by atoms with van der Waals surface area (Å²) in [5.41, 5.74) is -0.820. The van der Waals surface area contributed by atoms with Gasteiger partial charge < -0.3 is 14.4 Å². The number of nitrogens with one attached hydrogen (secondary N) is 1. The van der Waals surface area contributed by atoms with Gasteiger partial charge >= 0.3 is 6.09 Å². The maximum atomic E-state index is 12.1. The molecule has 2 aliphatic rings. The van der Waals surface area contributed by atoms with Crippen LogP contribution in [0.25, 0.3) is 0 Å². The van der Waals surface area contributed by atoms with Crippen molar-refractivity contribution in [2.45, 2.75) is 64.2 Å². The average molecular weight is 348 g/mol. The Balaban J connectivity index is 1.86. The molecule has 7 nitrogen and oxygen atoms in total. The van der Waals surface area contributed by atoms with Crippen LogP contribution in [0.4, 0.5) is 4.79 Å². The number of nitrogens with zero attached hydrogens (tertiary/aromatic N) is 1. The monoisotopic (exact) mass is 348 g/mol. The molecule has 134 valence electrons. The Kier molecular flexibility index (Phi) is 5.27. The molecule has 1 spiro atoms. The van der Waals surface area contributed by atoms with Crippen molar-refractivity contribution < 1.29 is 22.7 Å². The summed E-state index contributed by atoms with van der Waals surface area (Å²) in [6, 6.07) is -0.173. The fraction of sp³-hybridized carbons (Fsp3) is 0.933. The van der Waals surface area contributed by atoms with E-state index >= 15 is 0 Å². The van der Waals surface area contributed by atoms with E-state index in [1.807, 2.05) is 20.8 Å². The van der Waals surface area contributed by atoms with Crippen molar-refractivity contribution in [1.82, 2.24) is 9.62 Å². The van der Waals surface area contributed by atoms with E-state index in [2.05, 4.69) is 4.72 Å². The van der Waals surface area contributed by atoms with Gasteiger partial charge in [0.15, 0.2) is 0 Å². The SMILES string of the molecule is CCS(=O)(=O)NC1COC2(CCN(C(=O)OC(C)(C)C)CC2)C1. The van der Waals surface area contributed by atoms with Crippen LogP contribution in [0.1, 0.15) is 47.0 Å². The van der Waals surface area contributed by atoms with Gasteiger partial charge in [-0.1, -0.05) is 0 Å². The minimum atomic E-state index is -3.22. The summed E-state index contributed by atoms with van der Waals surface area (Å²) in [7, 11) is -3.22. The Morgan fingerprint density at radius 1 is 1.35 bits per heavy atom. The standard InChI is InChI=1S/C15H28N2O5S/c1-5-23(19,20)16-12-10-15(21-11-12)6-8-17(9-7-15)13(18)22-14(2,3)4/h12,16H,5-11H2,1-4H3. The fourth-order valence-corrected chi connectivity index (χ4v) is 3.85. The lowest BCUT2D eigenvalue weighted by molar-refractivity contribution is -0.0485. The highest BCUT2D eigenvalue weighted by atomic mass is 32.2. The van der Waals surface area contributed by atoms with Crippen molar-refractivity contribution in [2.24, 2.45) is 0 Å². The van der Waals surface area contributed by atoms with Crippen LogP contribution in [0, 0.1) is 0 Å². The minimum Gasteiger partial charge on any atom is -0.444 e. The van der Waals surface area contributed by atoms with Gasteiger partial charge in [-0.05, 0) is 47.0 Å². The highest BCUT2D eigenvalue weighted by Crippen LogP contribution is 2.36. The predicted octanol–water partition coefficient (Wildman–Crippen LogP) is 1.48. The Morgan fingerprint density at radius 2 is 1.96 bits per heavy atom. The van der Waals surface area contributed by atoms with E-state index in [1.165, 1.54) is 0 Å².